The molecule has 0 aliphatic carbocycles. The van der Waals surface area contributed by atoms with Gasteiger partial charge in [0.2, 0.25) is 24.6 Å². The lowest BCUT2D eigenvalue weighted by atomic mass is 10.0. The molecule has 1 aromatic heterocycles. The van der Waals surface area contributed by atoms with Crippen molar-refractivity contribution in [3.05, 3.63) is 96.3 Å². The summed E-state index contributed by atoms with van der Waals surface area (Å²) in [7, 11) is 1.62. The number of nitrogens with one attached hydrogen (secondary N) is 2. The molecular formula is C47H65N3O10S. The molecule has 334 valence electrons. The van der Waals surface area contributed by atoms with Gasteiger partial charge in [0, 0.05) is 75.1 Å². The van der Waals surface area contributed by atoms with Crippen molar-refractivity contribution in [1.29, 1.82) is 0 Å². The third-order valence-electron chi connectivity index (χ3n) is 10.3. The molecule has 2 saturated heterocycles. The molecule has 0 spiro atoms. The fourth-order valence-electron chi connectivity index (χ4n) is 6.92. The van der Waals surface area contributed by atoms with Crippen molar-refractivity contribution in [3.63, 3.8) is 0 Å². The molecule has 2 aromatic carbocycles. The Bertz CT molecular complexity index is 1690. The average Bonchev–Trinajstić information content (AvgIpc) is 3.29. The Morgan fingerprint density at radius 2 is 1.13 bits per heavy atom. The monoisotopic (exact) mass is 863 g/mol. The van der Waals surface area contributed by atoms with Crippen LogP contribution in [-0.2, 0) is 42.9 Å². The predicted molar refractivity (Wildman–Crippen MR) is 233 cm³/mol. The maximum absolute atomic E-state index is 12.5. The third kappa shape index (κ3) is 20.1. The molecule has 3 heterocycles. The van der Waals surface area contributed by atoms with Crippen LogP contribution in [0.1, 0.15) is 127 Å². The standard InChI is InChI=1S/C26H34N2O4S.C21H31NO6/c1-2-21(29)12-8-3-4-9-13-25(30)28-26-31-22(19-33-23-14-16-27-17-15-23)18-24(32-26)20-10-6-5-7-11-20;1-26-15-18-13-19(16-9-5-4-6-10-16)28-21(27-18)22-20(25)12-8-3-2-7-11-17(24)14-23/h5-7,10-11,14-17,22,24,26H,2-4,8-9,12-13,18-19H2,1H3,(H,28,30);4-6,9-10,18-19,21,23H,2-3,7-8,11-15H2,1H3,(H,22,25). The van der Waals surface area contributed by atoms with Crippen LogP contribution in [0, 0.1) is 0 Å². The number of benzene rings is 2. The highest BCUT2D eigenvalue weighted by Crippen LogP contribution is 2.33. The van der Waals surface area contributed by atoms with Gasteiger partial charge in [0.1, 0.15) is 12.4 Å². The highest BCUT2D eigenvalue weighted by atomic mass is 32.2. The molecule has 6 unspecified atom stereocenters. The smallest absolute Gasteiger partial charge is 0.241 e. The minimum atomic E-state index is -0.797. The Balaban J connectivity index is 0.000000272. The van der Waals surface area contributed by atoms with Gasteiger partial charge in [-0.15, -0.1) is 11.8 Å². The van der Waals surface area contributed by atoms with Gasteiger partial charge in [-0.1, -0.05) is 93.3 Å². The summed E-state index contributed by atoms with van der Waals surface area (Å²) in [6.45, 7) is 1.94. The molecule has 2 fully saturated rings. The van der Waals surface area contributed by atoms with E-state index in [9.17, 15) is 19.2 Å². The zero-order valence-electron chi connectivity index (χ0n) is 35.8. The molecule has 3 N–H and O–H groups in total. The van der Waals surface area contributed by atoms with Crippen LogP contribution in [-0.4, -0.2) is 84.6 Å². The van der Waals surface area contributed by atoms with E-state index in [-0.39, 0.29) is 42.0 Å². The zero-order chi connectivity index (χ0) is 43.5. The number of unbranched alkanes of at least 4 members (excludes halogenated alkanes) is 6. The van der Waals surface area contributed by atoms with Crippen molar-refractivity contribution < 1.29 is 48.0 Å². The number of ketones is 2. The predicted octanol–water partition coefficient (Wildman–Crippen LogP) is 7.92. The average molecular weight is 864 g/mol. The number of aliphatic hydroxyl groups excluding tert-OH is 1. The van der Waals surface area contributed by atoms with E-state index in [1.807, 2.05) is 79.7 Å². The van der Waals surface area contributed by atoms with Crippen LogP contribution >= 0.6 is 11.8 Å². The fraction of sp³-hybridized carbons (Fsp3) is 0.553. The summed E-state index contributed by atoms with van der Waals surface area (Å²) in [5.74, 6) is 0.742. The van der Waals surface area contributed by atoms with Gasteiger partial charge in [-0.2, -0.15) is 0 Å². The van der Waals surface area contributed by atoms with E-state index in [0.29, 0.717) is 50.9 Å². The van der Waals surface area contributed by atoms with Gasteiger partial charge in [0.05, 0.1) is 31.0 Å². The topological polar surface area (TPSA) is 172 Å². The number of nitrogens with zero attached hydrogens (tertiary/aromatic N) is 1. The van der Waals surface area contributed by atoms with Gasteiger partial charge in [-0.05, 0) is 48.9 Å². The van der Waals surface area contributed by atoms with Crippen molar-refractivity contribution in [2.75, 3.05) is 26.1 Å². The molecule has 2 aliphatic rings. The molecule has 3 aromatic rings. The second kappa shape index (κ2) is 29.3. The van der Waals surface area contributed by atoms with Gasteiger partial charge in [0.25, 0.3) is 0 Å². The minimum absolute atomic E-state index is 0.0523. The normalized spacial score (nSPS) is 21.1. The lowest BCUT2D eigenvalue weighted by molar-refractivity contribution is -0.262. The number of rotatable bonds is 25. The second-order valence-electron chi connectivity index (χ2n) is 15.2. The largest absolute Gasteiger partial charge is 0.389 e. The van der Waals surface area contributed by atoms with Crippen LogP contribution in [0.25, 0.3) is 0 Å². The molecule has 61 heavy (non-hydrogen) atoms. The molecule has 2 amide bonds. The van der Waals surface area contributed by atoms with E-state index < -0.39 is 19.4 Å². The van der Waals surface area contributed by atoms with Crippen LogP contribution in [0.15, 0.2) is 90.1 Å². The van der Waals surface area contributed by atoms with E-state index in [4.69, 9.17) is 28.8 Å². The summed E-state index contributed by atoms with van der Waals surface area (Å²) in [6.07, 6.45) is 12.1. The van der Waals surface area contributed by atoms with Crippen LogP contribution in [0.2, 0.25) is 0 Å². The highest BCUT2D eigenvalue weighted by molar-refractivity contribution is 7.99. The summed E-state index contributed by atoms with van der Waals surface area (Å²) >= 11 is 1.71. The molecule has 13 nitrogen and oxygen atoms in total. The number of aromatic nitrogens is 1. The number of pyridine rings is 1. The first-order chi connectivity index (χ1) is 29.8. The summed E-state index contributed by atoms with van der Waals surface area (Å²) in [5, 5.41) is 14.4. The first kappa shape index (κ1) is 49.6. The molecule has 0 bridgehead atoms. The van der Waals surface area contributed by atoms with Crippen molar-refractivity contribution in [3.8, 4) is 0 Å². The molecule has 14 heteroatoms. The quantitative estimate of drug-likeness (QED) is 0.0556. The third-order valence-corrected chi connectivity index (χ3v) is 11.4. The highest BCUT2D eigenvalue weighted by Gasteiger charge is 2.33. The molecule has 2 aliphatic heterocycles. The molecule has 0 radical (unpaired) electrons. The lowest BCUT2D eigenvalue weighted by Crippen LogP contribution is -2.46. The number of hydrogen-bond acceptors (Lipinski definition) is 12. The zero-order valence-corrected chi connectivity index (χ0v) is 36.6. The number of carbonyl (C=O) groups is 4. The van der Waals surface area contributed by atoms with Crippen molar-refractivity contribution in [1.82, 2.24) is 15.6 Å². The van der Waals surface area contributed by atoms with Gasteiger partial charge >= 0.3 is 0 Å². The van der Waals surface area contributed by atoms with Gasteiger partial charge in [-0.3, -0.25) is 24.2 Å². The first-order valence-electron chi connectivity index (χ1n) is 21.7. The number of carbonyl (C=O) groups excluding carboxylic acids is 4. The van der Waals surface area contributed by atoms with E-state index in [1.165, 1.54) is 0 Å². The van der Waals surface area contributed by atoms with Gasteiger partial charge in [0.15, 0.2) is 5.78 Å². The number of thioether (sulfide) groups is 1. The minimum Gasteiger partial charge on any atom is -0.389 e. The van der Waals surface area contributed by atoms with E-state index in [0.717, 1.165) is 79.6 Å². The summed E-state index contributed by atoms with van der Waals surface area (Å²) in [4.78, 5) is 52.3. The number of methoxy groups -OCH3 is 1. The molecule has 0 saturated carbocycles. The molecule has 6 atom stereocenters. The maximum atomic E-state index is 12.5. The number of Topliss-reactive ketones (excluding diaryl/α,β-unsaturated/α-hetero) is 2. The summed E-state index contributed by atoms with van der Waals surface area (Å²) in [5.41, 5.74) is 2.13. The summed E-state index contributed by atoms with van der Waals surface area (Å²) < 4.78 is 29.1. The van der Waals surface area contributed by atoms with Crippen molar-refractivity contribution in [2.45, 2.75) is 145 Å². The Hall–Kier alpha value is -4.02. The van der Waals surface area contributed by atoms with Crippen molar-refractivity contribution >= 4 is 35.1 Å². The van der Waals surface area contributed by atoms with Crippen LogP contribution < -0.4 is 10.6 Å². The number of amides is 2. The lowest BCUT2D eigenvalue weighted by Gasteiger charge is -2.36. The van der Waals surface area contributed by atoms with Crippen LogP contribution in [0.5, 0.6) is 0 Å². The molecule has 5 rings (SSSR count). The first-order valence-corrected chi connectivity index (χ1v) is 22.7. The Kier molecular flexibility index (Phi) is 23.9. The van der Waals surface area contributed by atoms with Crippen molar-refractivity contribution in [2.24, 2.45) is 0 Å². The summed E-state index contributed by atoms with van der Waals surface area (Å²) in [6, 6.07) is 23.9. The number of hydrogen-bond donors (Lipinski definition) is 3. The number of aliphatic hydroxyl groups is 1. The van der Waals surface area contributed by atoms with Crippen LogP contribution in [0.3, 0.4) is 0 Å². The van der Waals surface area contributed by atoms with E-state index in [1.54, 1.807) is 31.3 Å². The maximum Gasteiger partial charge on any atom is 0.241 e. The Morgan fingerprint density at radius 1 is 0.656 bits per heavy atom. The van der Waals surface area contributed by atoms with Gasteiger partial charge < -0.3 is 39.4 Å². The number of ether oxygens (including phenoxy) is 5. The molecular weight excluding hydrogens is 799 g/mol. The SMILES string of the molecule is CCC(=O)CCCCCCC(=O)NC1OC(CSc2ccncc2)CC(c2ccccc2)O1.COCC1CC(c2ccccc2)OC(NC(=O)CCCCCCC(=O)CO)O1. The Morgan fingerprint density at radius 3 is 1.62 bits per heavy atom. The second-order valence-corrected chi connectivity index (χ2v) is 16.3. The van der Waals surface area contributed by atoms with Gasteiger partial charge in [-0.25, -0.2) is 0 Å². The Labute approximate surface area is 365 Å². The van der Waals surface area contributed by atoms with E-state index >= 15 is 0 Å². The van der Waals surface area contributed by atoms with Crippen LogP contribution in [0.4, 0.5) is 0 Å². The van der Waals surface area contributed by atoms with E-state index in [2.05, 4.69) is 15.6 Å². The fourth-order valence-corrected chi connectivity index (χ4v) is 7.83.